The van der Waals surface area contributed by atoms with Crippen LogP contribution < -0.4 is 11.7 Å². The van der Waals surface area contributed by atoms with Crippen LogP contribution in [0.1, 0.15) is 85.5 Å². The number of hydrazine groups is 1. The number of carbonyl (C=O) groups is 1. The van der Waals surface area contributed by atoms with Gasteiger partial charge in [-0.2, -0.15) is 5.10 Å². The van der Waals surface area contributed by atoms with Gasteiger partial charge in [0.05, 0.1) is 6.54 Å². The third kappa shape index (κ3) is 3.32. The van der Waals surface area contributed by atoms with Crippen molar-refractivity contribution in [3.05, 3.63) is 0 Å². The van der Waals surface area contributed by atoms with Crippen molar-refractivity contribution in [2.24, 2.45) is 63.1 Å². The summed E-state index contributed by atoms with van der Waals surface area (Å²) >= 11 is 0. The van der Waals surface area contributed by atoms with Crippen LogP contribution in [0.25, 0.3) is 0 Å². The zero-order valence-electron chi connectivity index (χ0n) is 19.0. The quantitative estimate of drug-likeness (QED) is 0.319. The van der Waals surface area contributed by atoms with Gasteiger partial charge in [-0.05, 0) is 98.7 Å². The fourth-order valence-corrected chi connectivity index (χ4v) is 8.47. The Kier molecular flexibility index (Phi) is 5.50. The molecule has 4 aliphatic carbocycles. The molecule has 5 heteroatoms. The van der Waals surface area contributed by atoms with Crippen LogP contribution in [0.4, 0.5) is 0 Å². The van der Waals surface area contributed by atoms with E-state index in [-0.39, 0.29) is 23.7 Å². The van der Waals surface area contributed by atoms with Crippen molar-refractivity contribution in [1.29, 1.82) is 0 Å². The molecule has 0 aromatic rings. The number of carbonyl (C=O) groups excluding carboxylic acids is 1. The summed E-state index contributed by atoms with van der Waals surface area (Å²) in [5.74, 6) is 16.5. The van der Waals surface area contributed by atoms with Crippen molar-refractivity contribution in [3.8, 4) is 0 Å². The molecule has 0 bridgehead atoms. The topological polar surface area (TPSA) is 84.7 Å². The van der Waals surface area contributed by atoms with E-state index >= 15 is 0 Å². The SMILES string of the molecule is C/C(=N/N)N(N)CC(=O)C1CCC2C3CCC4CC(C)CCC4(C)C3CCC12C. The third-order valence-corrected chi connectivity index (χ3v) is 10.2. The molecule has 4 fully saturated rings. The maximum Gasteiger partial charge on any atom is 0.157 e. The van der Waals surface area contributed by atoms with E-state index < -0.39 is 0 Å². The lowest BCUT2D eigenvalue weighted by molar-refractivity contribution is -0.137. The van der Waals surface area contributed by atoms with Crippen molar-refractivity contribution in [2.75, 3.05) is 6.54 Å². The van der Waals surface area contributed by atoms with Crippen molar-refractivity contribution in [2.45, 2.75) is 85.5 Å². The number of rotatable bonds is 3. The first-order valence-corrected chi connectivity index (χ1v) is 12.0. The molecule has 0 aromatic heterocycles. The normalized spacial score (nSPS) is 47.1. The lowest BCUT2D eigenvalue weighted by Crippen LogP contribution is -2.54. The Morgan fingerprint density at radius 2 is 1.72 bits per heavy atom. The van der Waals surface area contributed by atoms with Gasteiger partial charge in [0.25, 0.3) is 0 Å². The minimum absolute atomic E-state index is 0.141. The van der Waals surface area contributed by atoms with Crippen LogP contribution in [0.2, 0.25) is 0 Å². The van der Waals surface area contributed by atoms with E-state index in [9.17, 15) is 4.79 Å². The molecule has 0 aromatic carbocycles. The zero-order chi connectivity index (χ0) is 21.0. The maximum atomic E-state index is 13.2. The summed E-state index contributed by atoms with van der Waals surface area (Å²) in [4.78, 5) is 13.2. The third-order valence-electron chi connectivity index (χ3n) is 10.2. The molecule has 0 aliphatic heterocycles. The number of nitrogens with zero attached hydrogens (tertiary/aromatic N) is 2. The second kappa shape index (κ2) is 7.55. The second-order valence-corrected chi connectivity index (χ2v) is 11.5. The van der Waals surface area contributed by atoms with E-state index in [1.165, 1.54) is 56.4 Å². The average molecular weight is 403 g/mol. The molecule has 8 atom stereocenters. The van der Waals surface area contributed by atoms with E-state index in [2.05, 4.69) is 25.9 Å². The van der Waals surface area contributed by atoms with Gasteiger partial charge in [0, 0.05) is 5.92 Å². The van der Waals surface area contributed by atoms with E-state index in [4.69, 9.17) is 11.7 Å². The zero-order valence-corrected chi connectivity index (χ0v) is 19.0. The Labute approximate surface area is 177 Å². The van der Waals surface area contributed by atoms with E-state index in [0.29, 0.717) is 17.2 Å². The van der Waals surface area contributed by atoms with Gasteiger partial charge >= 0.3 is 0 Å². The number of hydrazone groups is 1. The van der Waals surface area contributed by atoms with Crippen LogP contribution in [0, 0.1) is 46.3 Å². The van der Waals surface area contributed by atoms with Gasteiger partial charge in [-0.25, -0.2) is 5.84 Å². The molecule has 0 radical (unpaired) electrons. The molecule has 0 heterocycles. The largest absolute Gasteiger partial charge is 0.322 e. The summed E-state index contributed by atoms with van der Waals surface area (Å²) < 4.78 is 0. The number of fused-ring (bicyclic) bond motifs is 5. The van der Waals surface area contributed by atoms with Crippen molar-refractivity contribution >= 4 is 11.6 Å². The van der Waals surface area contributed by atoms with Gasteiger partial charge in [-0.1, -0.05) is 27.2 Å². The molecular weight excluding hydrogens is 360 g/mol. The van der Waals surface area contributed by atoms with E-state index in [1.54, 1.807) is 6.92 Å². The number of hydrogen-bond acceptors (Lipinski definition) is 4. The van der Waals surface area contributed by atoms with E-state index in [1.807, 2.05) is 0 Å². The van der Waals surface area contributed by atoms with Gasteiger partial charge in [0.2, 0.25) is 0 Å². The highest BCUT2D eigenvalue weighted by molar-refractivity contribution is 5.89. The first kappa shape index (κ1) is 21.1. The highest BCUT2D eigenvalue weighted by atomic mass is 16.1. The summed E-state index contributed by atoms with van der Waals surface area (Å²) in [6, 6.07) is 0. The Hall–Kier alpha value is -1.10. The molecule has 0 amide bonds. The molecule has 0 saturated heterocycles. The van der Waals surface area contributed by atoms with Crippen molar-refractivity contribution in [1.82, 2.24) is 5.01 Å². The minimum atomic E-state index is 0.141. The standard InChI is InChI=1S/C24H42N4O/c1-15-9-11-23(3)17(13-15)5-6-18-19-7-8-21(24(19,4)12-10-20(18)23)22(29)14-28(26)16(2)27-25/h15,17-21H,5-14,25-26H2,1-4H3/b27-16-. The van der Waals surface area contributed by atoms with Gasteiger partial charge in [0.15, 0.2) is 5.78 Å². The molecule has 8 unspecified atom stereocenters. The van der Waals surface area contributed by atoms with Crippen LogP contribution in [-0.4, -0.2) is 23.2 Å². The van der Waals surface area contributed by atoms with Gasteiger partial charge < -0.3 is 5.84 Å². The van der Waals surface area contributed by atoms with Gasteiger partial charge in [-0.15, -0.1) is 0 Å². The van der Waals surface area contributed by atoms with E-state index in [0.717, 1.165) is 30.1 Å². The first-order valence-electron chi connectivity index (χ1n) is 12.0. The molecule has 4 rings (SSSR count). The molecule has 4 saturated carbocycles. The molecule has 4 N–H and O–H groups in total. The lowest BCUT2D eigenvalue weighted by Gasteiger charge is -2.61. The summed E-state index contributed by atoms with van der Waals surface area (Å²) in [7, 11) is 0. The number of nitrogens with two attached hydrogens (primary N) is 2. The number of ketones is 1. The first-order chi connectivity index (χ1) is 13.7. The summed E-state index contributed by atoms with van der Waals surface area (Å²) in [6.45, 7) is 9.48. The molecular formula is C24H42N4O. The molecule has 4 aliphatic rings. The van der Waals surface area contributed by atoms with Crippen molar-refractivity contribution < 1.29 is 4.79 Å². The second-order valence-electron chi connectivity index (χ2n) is 11.5. The maximum absolute atomic E-state index is 13.2. The van der Waals surface area contributed by atoms with Crippen LogP contribution in [0.15, 0.2) is 5.10 Å². The Morgan fingerprint density at radius 3 is 2.45 bits per heavy atom. The molecule has 0 spiro atoms. The molecule has 29 heavy (non-hydrogen) atoms. The Morgan fingerprint density at radius 1 is 1.03 bits per heavy atom. The summed E-state index contributed by atoms with van der Waals surface area (Å²) in [5, 5.41) is 5.05. The van der Waals surface area contributed by atoms with Crippen LogP contribution in [0.5, 0.6) is 0 Å². The molecule has 164 valence electrons. The Bertz CT molecular complexity index is 678. The van der Waals surface area contributed by atoms with Gasteiger partial charge in [-0.3, -0.25) is 9.80 Å². The molecule has 5 nitrogen and oxygen atoms in total. The summed E-state index contributed by atoms with van der Waals surface area (Å²) in [5.41, 5.74) is 0.694. The monoisotopic (exact) mass is 402 g/mol. The number of Topliss-reactive ketones (excluding diaryl/α,β-unsaturated/α-hetero) is 1. The smallest absolute Gasteiger partial charge is 0.157 e. The summed E-state index contributed by atoms with van der Waals surface area (Å²) in [6.07, 6.45) is 11.9. The van der Waals surface area contributed by atoms with Crippen LogP contribution >= 0.6 is 0 Å². The number of amidine groups is 1. The Balaban J connectivity index is 1.51. The van der Waals surface area contributed by atoms with Gasteiger partial charge in [0.1, 0.15) is 5.84 Å². The predicted molar refractivity (Wildman–Crippen MR) is 118 cm³/mol. The number of hydrogen-bond donors (Lipinski definition) is 2. The van der Waals surface area contributed by atoms with Crippen LogP contribution in [0.3, 0.4) is 0 Å². The highest BCUT2D eigenvalue weighted by Crippen LogP contribution is 2.67. The fourth-order valence-electron chi connectivity index (χ4n) is 8.47. The van der Waals surface area contributed by atoms with Crippen LogP contribution in [-0.2, 0) is 4.79 Å². The predicted octanol–water partition coefficient (Wildman–Crippen LogP) is 4.32. The van der Waals surface area contributed by atoms with Crippen molar-refractivity contribution in [3.63, 3.8) is 0 Å². The average Bonchev–Trinajstić information content (AvgIpc) is 3.05. The minimum Gasteiger partial charge on any atom is -0.322 e. The lowest BCUT2D eigenvalue weighted by atomic mass is 9.44. The fraction of sp³-hybridized carbons (Fsp3) is 0.917. The highest BCUT2D eigenvalue weighted by Gasteiger charge is 2.60.